The van der Waals surface area contributed by atoms with Gasteiger partial charge in [-0.05, 0) is 6.92 Å². The van der Waals surface area contributed by atoms with E-state index in [1.165, 1.54) is 14.7 Å². The summed E-state index contributed by atoms with van der Waals surface area (Å²) in [7, 11) is 0. The van der Waals surface area contributed by atoms with E-state index in [1.807, 2.05) is 17.4 Å². The van der Waals surface area contributed by atoms with E-state index in [9.17, 15) is 0 Å². The molecule has 0 aliphatic heterocycles. The Labute approximate surface area is 73.2 Å². The summed E-state index contributed by atoms with van der Waals surface area (Å²) >= 11 is 3.59. The molecule has 0 bridgehead atoms. The molecule has 0 radical (unpaired) electrons. The minimum atomic E-state index is 1.23. The third kappa shape index (κ3) is 0.921. The monoisotopic (exact) mass is 182 g/mol. The third-order valence-electron chi connectivity index (χ3n) is 1.63. The smallest absolute Gasteiger partial charge is 0.140 e. The molecule has 2 aromatic heterocycles. The Morgan fingerprint density at radius 1 is 1.64 bits per heavy atom. The summed E-state index contributed by atoms with van der Waals surface area (Å²) in [5, 5.41) is 2.10. The highest BCUT2D eigenvalue weighted by Gasteiger charge is 2.15. The van der Waals surface area contributed by atoms with E-state index in [4.69, 9.17) is 0 Å². The Hall–Kier alpha value is -0.670. The highest BCUT2D eigenvalue weighted by molar-refractivity contribution is 7.34. The molecule has 2 heterocycles. The first-order chi connectivity index (χ1) is 5.33. The topological polar surface area (TPSA) is 4.10 Å². The molecule has 2 rings (SSSR count). The van der Waals surface area contributed by atoms with Crippen molar-refractivity contribution in [1.82, 2.24) is 0 Å². The second-order valence-electron chi connectivity index (χ2n) is 2.29. The number of aromatic nitrogens is 1. The van der Waals surface area contributed by atoms with Crippen molar-refractivity contribution in [2.24, 2.45) is 0 Å². The molecule has 0 saturated heterocycles. The fraction of sp³-hybridized carbons (Fsp3) is 0.125. The molecule has 0 aliphatic carbocycles. The molecule has 0 unspecified atom stereocenters. The molecular weight excluding hydrogens is 174 g/mol. The Balaban J connectivity index is 2.90. The van der Waals surface area contributed by atoms with Gasteiger partial charge in [-0.1, -0.05) is 29.3 Å². The zero-order chi connectivity index (χ0) is 7.84. The van der Waals surface area contributed by atoms with Crippen LogP contribution in [0.4, 0.5) is 0 Å². The molecule has 0 aliphatic rings. The minimum absolute atomic E-state index is 1.23. The summed E-state index contributed by atoms with van der Waals surface area (Å²) < 4.78 is 3.51. The van der Waals surface area contributed by atoms with E-state index >= 15 is 0 Å². The number of aryl methyl sites for hydroxylation is 1. The van der Waals surface area contributed by atoms with Crippen molar-refractivity contribution >= 4 is 32.9 Å². The lowest BCUT2D eigenvalue weighted by atomic mass is 10.4. The summed E-state index contributed by atoms with van der Waals surface area (Å²) in [6.07, 6.45) is 3.99. The summed E-state index contributed by atoms with van der Waals surface area (Å²) in [5.41, 5.74) is 1.23. The van der Waals surface area contributed by atoms with Gasteiger partial charge in [-0.15, -0.1) is 4.40 Å². The van der Waals surface area contributed by atoms with Crippen molar-refractivity contribution in [3.05, 3.63) is 28.7 Å². The Kier molecular flexibility index (Phi) is 1.55. The van der Waals surface area contributed by atoms with Crippen LogP contribution in [0.1, 0.15) is 10.6 Å². The van der Waals surface area contributed by atoms with Gasteiger partial charge in [0.25, 0.3) is 0 Å². The molecule has 0 fully saturated rings. The van der Waals surface area contributed by atoms with E-state index in [0.29, 0.717) is 0 Å². The number of hydrogen-bond acceptors (Lipinski definition) is 2. The SMILES string of the molecule is C=Cc1c(C)sc2scc[n+]12. The summed E-state index contributed by atoms with van der Waals surface area (Å²) in [4.78, 5) is 1.34. The lowest BCUT2D eigenvalue weighted by molar-refractivity contribution is -0.505. The largest absolute Gasteiger partial charge is 0.325 e. The van der Waals surface area contributed by atoms with Crippen LogP contribution in [0.5, 0.6) is 0 Å². The third-order valence-corrected chi connectivity index (χ3v) is 3.71. The highest BCUT2D eigenvalue weighted by atomic mass is 32.2. The van der Waals surface area contributed by atoms with Gasteiger partial charge in [-0.3, -0.25) is 0 Å². The van der Waals surface area contributed by atoms with Gasteiger partial charge in [0.1, 0.15) is 0 Å². The van der Waals surface area contributed by atoms with Gasteiger partial charge in [-0.25, -0.2) is 0 Å². The lowest BCUT2D eigenvalue weighted by Crippen LogP contribution is -2.17. The first-order valence-corrected chi connectivity index (χ1v) is 5.03. The molecule has 1 nitrogen and oxygen atoms in total. The van der Waals surface area contributed by atoms with Crippen LogP contribution in [0, 0.1) is 6.92 Å². The molecule has 0 amide bonds. The maximum Gasteiger partial charge on any atom is 0.325 e. The van der Waals surface area contributed by atoms with E-state index in [2.05, 4.69) is 29.5 Å². The van der Waals surface area contributed by atoms with Crippen LogP contribution in [-0.4, -0.2) is 0 Å². The number of thiazole rings is 2. The van der Waals surface area contributed by atoms with E-state index in [1.54, 1.807) is 11.3 Å². The van der Waals surface area contributed by atoms with Crippen LogP contribution in [0.25, 0.3) is 10.2 Å². The molecule has 0 saturated carbocycles. The Morgan fingerprint density at radius 3 is 3.18 bits per heavy atom. The zero-order valence-corrected chi connectivity index (χ0v) is 7.84. The fourth-order valence-corrected chi connectivity index (χ4v) is 3.23. The zero-order valence-electron chi connectivity index (χ0n) is 6.20. The van der Waals surface area contributed by atoms with Gasteiger partial charge in [0.2, 0.25) is 5.69 Å². The molecule has 2 aromatic rings. The van der Waals surface area contributed by atoms with Crippen molar-refractivity contribution in [2.75, 3.05) is 0 Å². The minimum Gasteiger partial charge on any atom is -0.140 e. The molecule has 0 spiro atoms. The van der Waals surface area contributed by atoms with Crippen molar-refractivity contribution in [1.29, 1.82) is 0 Å². The predicted octanol–water partition coefficient (Wildman–Crippen LogP) is 2.50. The van der Waals surface area contributed by atoms with E-state index in [-0.39, 0.29) is 0 Å². The van der Waals surface area contributed by atoms with Crippen LogP contribution in [-0.2, 0) is 0 Å². The molecule has 3 heteroatoms. The Morgan fingerprint density at radius 2 is 2.45 bits per heavy atom. The van der Waals surface area contributed by atoms with Gasteiger partial charge < -0.3 is 0 Å². The Bertz CT molecular complexity index is 397. The molecule has 56 valence electrons. The van der Waals surface area contributed by atoms with E-state index < -0.39 is 0 Å². The maximum absolute atomic E-state index is 3.78. The van der Waals surface area contributed by atoms with Crippen LogP contribution < -0.4 is 4.40 Å². The normalized spacial score (nSPS) is 10.6. The molecule has 0 N–H and O–H groups in total. The van der Waals surface area contributed by atoms with Crippen LogP contribution in [0.15, 0.2) is 18.2 Å². The number of fused-ring (bicyclic) bond motifs is 1. The average molecular weight is 182 g/mol. The maximum atomic E-state index is 3.78. The molecule has 0 aromatic carbocycles. The fourth-order valence-electron chi connectivity index (χ4n) is 1.11. The van der Waals surface area contributed by atoms with Gasteiger partial charge in [0, 0.05) is 6.08 Å². The van der Waals surface area contributed by atoms with E-state index in [0.717, 1.165) is 0 Å². The first kappa shape index (κ1) is 7.00. The van der Waals surface area contributed by atoms with Gasteiger partial charge >= 0.3 is 4.14 Å². The molecule has 0 atom stereocenters. The highest BCUT2D eigenvalue weighted by Crippen LogP contribution is 2.20. The predicted molar refractivity (Wildman–Crippen MR) is 50.2 cm³/mol. The van der Waals surface area contributed by atoms with Crippen molar-refractivity contribution in [2.45, 2.75) is 6.92 Å². The number of hydrogen-bond donors (Lipinski definition) is 0. The summed E-state index contributed by atoms with van der Waals surface area (Å²) in [6.45, 7) is 5.91. The summed E-state index contributed by atoms with van der Waals surface area (Å²) in [5.74, 6) is 0. The van der Waals surface area contributed by atoms with Crippen LogP contribution in [0.2, 0.25) is 0 Å². The van der Waals surface area contributed by atoms with Crippen molar-refractivity contribution in [3.63, 3.8) is 0 Å². The molecule has 11 heavy (non-hydrogen) atoms. The number of rotatable bonds is 1. The second-order valence-corrected chi connectivity index (χ2v) is 4.64. The van der Waals surface area contributed by atoms with Gasteiger partial charge in [0.05, 0.1) is 10.3 Å². The quantitative estimate of drug-likeness (QED) is 0.597. The van der Waals surface area contributed by atoms with Gasteiger partial charge in [-0.2, -0.15) is 0 Å². The van der Waals surface area contributed by atoms with Crippen LogP contribution >= 0.6 is 22.7 Å². The lowest BCUT2D eigenvalue weighted by Gasteiger charge is -1.77. The summed E-state index contributed by atoms with van der Waals surface area (Å²) in [6, 6.07) is 0. The van der Waals surface area contributed by atoms with Crippen molar-refractivity contribution < 1.29 is 4.40 Å². The molecular formula is C8H8NS2+. The second kappa shape index (κ2) is 2.43. The van der Waals surface area contributed by atoms with Crippen LogP contribution in [0.3, 0.4) is 0 Å². The first-order valence-electron chi connectivity index (χ1n) is 3.33. The standard InChI is InChI=1S/C8H8NS2/c1-3-7-6(2)11-8-9(7)4-5-10-8/h3-5H,1H2,2H3/q+1. The number of nitrogens with zero attached hydrogens (tertiary/aromatic N) is 1. The van der Waals surface area contributed by atoms with Gasteiger partial charge in [0.15, 0.2) is 6.20 Å². The average Bonchev–Trinajstić information content (AvgIpc) is 2.46. The van der Waals surface area contributed by atoms with Crippen molar-refractivity contribution in [3.8, 4) is 0 Å².